The van der Waals surface area contributed by atoms with Crippen molar-refractivity contribution in [2.75, 3.05) is 33.1 Å². The SMILES string of the molecule is COc1ncc(Cl)cc1C(=O)NCC(C)(C)CC(=O)Nc1c(CN(C)C)n(C)n(-c2ccccc2)c1=O. The molecule has 3 aromatic rings. The van der Waals surface area contributed by atoms with Gasteiger partial charge in [0, 0.05) is 32.8 Å². The van der Waals surface area contributed by atoms with Gasteiger partial charge in [-0.15, -0.1) is 0 Å². The Morgan fingerprint density at radius 2 is 1.86 bits per heavy atom. The van der Waals surface area contributed by atoms with E-state index in [1.54, 1.807) is 11.7 Å². The van der Waals surface area contributed by atoms with Crippen LogP contribution in [0.3, 0.4) is 0 Å². The summed E-state index contributed by atoms with van der Waals surface area (Å²) in [6.07, 6.45) is 1.46. The van der Waals surface area contributed by atoms with Crippen molar-refractivity contribution in [2.24, 2.45) is 12.5 Å². The summed E-state index contributed by atoms with van der Waals surface area (Å²) in [5.41, 5.74) is 0.886. The molecule has 2 amide bonds. The van der Waals surface area contributed by atoms with Crippen molar-refractivity contribution in [1.29, 1.82) is 0 Å². The van der Waals surface area contributed by atoms with E-state index in [4.69, 9.17) is 16.3 Å². The maximum atomic E-state index is 13.4. The van der Waals surface area contributed by atoms with E-state index in [0.717, 1.165) is 0 Å². The molecule has 1 aromatic carbocycles. The van der Waals surface area contributed by atoms with E-state index in [1.165, 1.54) is 24.1 Å². The summed E-state index contributed by atoms with van der Waals surface area (Å²) in [4.78, 5) is 45.1. The zero-order valence-electron chi connectivity index (χ0n) is 22.0. The van der Waals surface area contributed by atoms with Crippen molar-refractivity contribution in [3.63, 3.8) is 0 Å². The number of methoxy groups -OCH3 is 1. The van der Waals surface area contributed by atoms with Gasteiger partial charge in [-0.2, -0.15) is 0 Å². The van der Waals surface area contributed by atoms with Crippen LogP contribution in [0.15, 0.2) is 47.4 Å². The first kappa shape index (κ1) is 27.9. The van der Waals surface area contributed by atoms with Crippen LogP contribution in [0.1, 0.15) is 36.3 Å². The zero-order chi connectivity index (χ0) is 27.3. The Bertz CT molecular complexity index is 1330. The smallest absolute Gasteiger partial charge is 0.295 e. The lowest BCUT2D eigenvalue weighted by Crippen LogP contribution is -2.37. The fourth-order valence-corrected chi connectivity index (χ4v) is 4.12. The van der Waals surface area contributed by atoms with Crippen molar-refractivity contribution < 1.29 is 14.3 Å². The van der Waals surface area contributed by atoms with E-state index >= 15 is 0 Å². The first-order valence-corrected chi connectivity index (χ1v) is 12.1. The first-order chi connectivity index (χ1) is 17.4. The third-order valence-electron chi connectivity index (χ3n) is 5.74. The number of hydrogen-bond donors (Lipinski definition) is 2. The number of hydrogen-bond acceptors (Lipinski definition) is 6. The van der Waals surface area contributed by atoms with Crippen LogP contribution in [-0.4, -0.2) is 58.8 Å². The van der Waals surface area contributed by atoms with E-state index in [1.807, 2.05) is 63.2 Å². The normalized spacial score (nSPS) is 11.5. The predicted molar refractivity (Wildman–Crippen MR) is 144 cm³/mol. The average Bonchev–Trinajstić information content (AvgIpc) is 3.06. The van der Waals surface area contributed by atoms with Crippen molar-refractivity contribution in [3.05, 3.63) is 69.2 Å². The van der Waals surface area contributed by atoms with Gasteiger partial charge in [0.25, 0.3) is 11.5 Å². The number of aromatic nitrogens is 3. The summed E-state index contributed by atoms with van der Waals surface area (Å²) in [6, 6.07) is 10.7. The second-order valence-corrected chi connectivity index (χ2v) is 10.3. The largest absolute Gasteiger partial charge is 0.480 e. The van der Waals surface area contributed by atoms with E-state index < -0.39 is 11.3 Å². The fraction of sp³-hybridized carbons (Fsp3) is 0.385. The van der Waals surface area contributed by atoms with Crippen LogP contribution in [-0.2, 0) is 18.4 Å². The molecule has 3 rings (SSSR count). The Balaban J connectivity index is 1.76. The molecule has 2 aromatic heterocycles. The van der Waals surface area contributed by atoms with E-state index in [-0.39, 0.29) is 41.6 Å². The number of halogens is 1. The van der Waals surface area contributed by atoms with Gasteiger partial charge in [-0.05, 0) is 37.7 Å². The molecule has 2 N–H and O–H groups in total. The molecule has 11 heteroatoms. The first-order valence-electron chi connectivity index (χ1n) is 11.7. The molecule has 0 saturated heterocycles. The molecule has 0 saturated carbocycles. The van der Waals surface area contributed by atoms with Crippen molar-refractivity contribution in [2.45, 2.75) is 26.8 Å². The lowest BCUT2D eigenvalue weighted by atomic mass is 9.88. The van der Waals surface area contributed by atoms with Crippen LogP contribution >= 0.6 is 11.6 Å². The van der Waals surface area contributed by atoms with Crippen molar-refractivity contribution >= 4 is 29.1 Å². The lowest BCUT2D eigenvalue weighted by molar-refractivity contribution is -0.118. The number of anilines is 1. The predicted octanol–water partition coefficient (Wildman–Crippen LogP) is 3.08. The summed E-state index contributed by atoms with van der Waals surface area (Å²) < 4.78 is 8.43. The highest BCUT2D eigenvalue weighted by atomic mass is 35.5. The quantitative estimate of drug-likeness (QED) is 0.418. The van der Waals surface area contributed by atoms with Gasteiger partial charge in [0.2, 0.25) is 11.8 Å². The molecule has 0 aliphatic rings. The number of carbonyl (C=O) groups is 2. The molecule has 0 aliphatic heterocycles. The lowest BCUT2D eigenvalue weighted by Gasteiger charge is -2.24. The molecule has 0 unspecified atom stereocenters. The summed E-state index contributed by atoms with van der Waals surface area (Å²) in [5, 5.41) is 5.96. The second-order valence-electron chi connectivity index (χ2n) is 9.82. The zero-order valence-corrected chi connectivity index (χ0v) is 22.7. The van der Waals surface area contributed by atoms with Crippen LogP contribution in [0, 0.1) is 5.41 Å². The van der Waals surface area contributed by atoms with E-state index in [2.05, 4.69) is 15.6 Å². The summed E-state index contributed by atoms with van der Waals surface area (Å²) in [5.74, 6) is -0.587. The third-order valence-corrected chi connectivity index (χ3v) is 5.95. The summed E-state index contributed by atoms with van der Waals surface area (Å²) in [7, 11) is 7.00. The number of benzene rings is 1. The van der Waals surface area contributed by atoms with E-state index in [0.29, 0.717) is 22.9 Å². The number of carbonyl (C=O) groups excluding carboxylic acids is 2. The van der Waals surface area contributed by atoms with Crippen LogP contribution in [0.2, 0.25) is 5.02 Å². The van der Waals surface area contributed by atoms with E-state index in [9.17, 15) is 14.4 Å². The number of ether oxygens (including phenoxy) is 1. The van der Waals surface area contributed by atoms with Crippen LogP contribution in [0.25, 0.3) is 5.69 Å². The molecular weight excluding hydrogens is 496 g/mol. The van der Waals surface area contributed by atoms with Crippen LogP contribution in [0.4, 0.5) is 5.69 Å². The minimum Gasteiger partial charge on any atom is -0.480 e. The molecule has 0 bridgehead atoms. The molecule has 0 spiro atoms. The Kier molecular flexibility index (Phi) is 8.77. The number of nitrogens with zero attached hydrogens (tertiary/aromatic N) is 4. The Labute approximate surface area is 221 Å². The van der Waals surface area contributed by atoms with Gasteiger partial charge in [-0.1, -0.05) is 43.6 Å². The molecule has 0 atom stereocenters. The van der Waals surface area contributed by atoms with Gasteiger partial charge < -0.3 is 20.3 Å². The Morgan fingerprint density at radius 3 is 2.49 bits per heavy atom. The van der Waals surface area contributed by atoms with Crippen molar-refractivity contribution in [3.8, 4) is 11.6 Å². The molecule has 198 valence electrons. The molecule has 0 fully saturated rings. The number of nitrogens with one attached hydrogen (secondary N) is 2. The van der Waals surface area contributed by atoms with Gasteiger partial charge in [-0.3, -0.25) is 19.1 Å². The maximum absolute atomic E-state index is 13.4. The van der Waals surface area contributed by atoms with Gasteiger partial charge in [0.15, 0.2) is 0 Å². The molecule has 0 aliphatic carbocycles. The minimum atomic E-state index is -0.617. The highest BCUT2D eigenvalue weighted by molar-refractivity contribution is 6.30. The van der Waals surface area contributed by atoms with Gasteiger partial charge in [0.1, 0.15) is 11.3 Å². The maximum Gasteiger partial charge on any atom is 0.295 e. The molecule has 10 nitrogen and oxygen atoms in total. The number of rotatable bonds is 10. The summed E-state index contributed by atoms with van der Waals surface area (Å²) in [6.45, 7) is 4.36. The van der Waals surface area contributed by atoms with Gasteiger partial charge in [0.05, 0.1) is 23.5 Å². The summed E-state index contributed by atoms with van der Waals surface area (Å²) >= 11 is 5.98. The number of amides is 2. The van der Waals surface area contributed by atoms with Gasteiger partial charge >= 0.3 is 0 Å². The van der Waals surface area contributed by atoms with Crippen LogP contribution < -0.4 is 20.9 Å². The third kappa shape index (κ3) is 6.78. The number of pyridine rings is 1. The van der Waals surface area contributed by atoms with Crippen LogP contribution in [0.5, 0.6) is 5.88 Å². The molecule has 37 heavy (non-hydrogen) atoms. The molecule has 0 radical (unpaired) electrons. The monoisotopic (exact) mass is 528 g/mol. The Hall–Kier alpha value is -3.63. The number of para-hydroxylation sites is 1. The topological polar surface area (TPSA) is 110 Å². The van der Waals surface area contributed by atoms with Gasteiger partial charge in [-0.25, -0.2) is 9.67 Å². The highest BCUT2D eigenvalue weighted by Gasteiger charge is 2.27. The molecular formula is C26H33ClN6O4. The molecule has 2 heterocycles. The standard InChI is InChI=1S/C26H33ClN6O4/c1-26(2,16-29-23(35)19-12-17(27)14-28-24(19)37-6)13-21(34)30-22-20(15-31(3)4)32(5)33(25(22)36)18-10-8-7-9-11-18/h7-12,14H,13,15-16H2,1-6H3,(H,29,35)(H,30,34). The minimum absolute atomic E-state index is 0.0687. The Morgan fingerprint density at radius 1 is 1.19 bits per heavy atom. The average molecular weight is 529 g/mol. The fourth-order valence-electron chi connectivity index (χ4n) is 3.96. The highest BCUT2D eigenvalue weighted by Crippen LogP contribution is 2.23. The van der Waals surface area contributed by atoms with Crippen molar-refractivity contribution in [1.82, 2.24) is 24.6 Å². The second kappa shape index (κ2) is 11.6.